The number of rotatable bonds is 3. The van der Waals surface area contributed by atoms with E-state index in [0.717, 1.165) is 5.56 Å². The third-order valence-corrected chi connectivity index (χ3v) is 5.12. The molecule has 1 aromatic carbocycles. The van der Waals surface area contributed by atoms with Crippen molar-refractivity contribution in [2.75, 3.05) is 26.3 Å². The van der Waals surface area contributed by atoms with Crippen molar-refractivity contribution >= 4 is 5.91 Å². The molecule has 2 aromatic rings. The number of carbonyl (C=O) groups is 1. The molecule has 1 aromatic heterocycles. The lowest BCUT2D eigenvalue weighted by molar-refractivity contribution is -0.129. The molecule has 2 aliphatic rings. The maximum absolute atomic E-state index is 13.0. The van der Waals surface area contributed by atoms with E-state index in [1.807, 2.05) is 4.90 Å². The van der Waals surface area contributed by atoms with Crippen molar-refractivity contribution in [3.05, 3.63) is 47.4 Å². The van der Waals surface area contributed by atoms with E-state index in [0.29, 0.717) is 38.0 Å². The normalized spacial score (nSPS) is 25.8. The van der Waals surface area contributed by atoms with E-state index in [4.69, 9.17) is 9.26 Å². The van der Waals surface area contributed by atoms with Crippen molar-refractivity contribution in [1.82, 2.24) is 15.0 Å². The molecule has 3 heterocycles. The first-order valence-corrected chi connectivity index (χ1v) is 8.50. The summed E-state index contributed by atoms with van der Waals surface area (Å²) in [6.07, 6.45) is 0.283. The van der Waals surface area contributed by atoms with E-state index < -0.39 is 0 Å². The van der Waals surface area contributed by atoms with Crippen molar-refractivity contribution in [3.63, 3.8) is 0 Å². The second-order valence-electron chi connectivity index (χ2n) is 6.85. The number of ether oxygens (including phenoxy) is 1. The van der Waals surface area contributed by atoms with Crippen molar-refractivity contribution in [2.24, 2.45) is 11.8 Å². The standard InChI is InChI=1S/C18H20FN3O3/c1-11-20-18(25-21-11)16-10-24-9-13-7-22(8-15(13)16)17(23)6-12-2-4-14(19)5-3-12/h2-5,13,15-16H,6-10H2,1H3/t13-,15-,16+/m0/s1. The van der Waals surface area contributed by atoms with Gasteiger partial charge in [0.05, 0.1) is 25.6 Å². The van der Waals surface area contributed by atoms with E-state index in [9.17, 15) is 9.18 Å². The molecular weight excluding hydrogens is 325 g/mol. The summed E-state index contributed by atoms with van der Waals surface area (Å²) in [4.78, 5) is 18.9. The minimum Gasteiger partial charge on any atom is -0.380 e. The summed E-state index contributed by atoms with van der Waals surface area (Å²) in [6, 6.07) is 6.08. The SMILES string of the molecule is Cc1noc([C@@H]2COC[C@@H]3CN(C(=O)Cc4ccc(F)cc4)C[C@@H]32)n1. The molecule has 6 nitrogen and oxygen atoms in total. The molecule has 0 unspecified atom stereocenters. The van der Waals surface area contributed by atoms with Crippen LogP contribution in [-0.2, 0) is 16.0 Å². The van der Waals surface area contributed by atoms with E-state index in [1.54, 1.807) is 19.1 Å². The number of aromatic nitrogens is 2. The third kappa shape index (κ3) is 3.28. The fourth-order valence-corrected chi connectivity index (χ4v) is 3.81. The van der Waals surface area contributed by atoms with Crippen LogP contribution < -0.4 is 0 Å². The molecule has 2 aliphatic heterocycles. The summed E-state index contributed by atoms with van der Waals surface area (Å²) >= 11 is 0. The van der Waals surface area contributed by atoms with Gasteiger partial charge in [-0.3, -0.25) is 4.79 Å². The zero-order chi connectivity index (χ0) is 17.4. The predicted molar refractivity (Wildman–Crippen MR) is 86.3 cm³/mol. The Labute approximate surface area is 145 Å². The van der Waals surface area contributed by atoms with Gasteiger partial charge < -0.3 is 14.2 Å². The average molecular weight is 345 g/mol. The molecule has 0 N–H and O–H groups in total. The topological polar surface area (TPSA) is 68.5 Å². The highest BCUT2D eigenvalue weighted by Gasteiger charge is 2.44. The Morgan fingerprint density at radius 3 is 2.80 bits per heavy atom. The monoisotopic (exact) mass is 345 g/mol. The zero-order valence-corrected chi connectivity index (χ0v) is 14.0. The Balaban J connectivity index is 1.45. The fourth-order valence-electron chi connectivity index (χ4n) is 3.81. The second-order valence-corrected chi connectivity index (χ2v) is 6.85. The second kappa shape index (κ2) is 6.55. The number of hydrogen-bond acceptors (Lipinski definition) is 5. The molecule has 7 heteroatoms. The van der Waals surface area contributed by atoms with Crippen LogP contribution in [0.1, 0.15) is 23.2 Å². The number of benzene rings is 1. The number of likely N-dealkylation sites (tertiary alicyclic amines) is 1. The number of nitrogens with zero attached hydrogens (tertiary/aromatic N) is 3. The van der Waals surface area contributed by atoms with Gasteiger partial charge in [-0.05, 0) is 30.5 Å². The molecular formula is C18H20FN3O3. The van der Waals surface area contributed by atoms with Crippen LogP contribution in [0.25, 0.3) is 0 Å². The van der Waals surface area contributed by atoms with Gasteiger partial charge in [0.1, 0.15) is 5.82 Å². The maximum atomic E-state index is 13.0. The number of carbonyl (C=O) groups excluding carboxylic acids is 1. The lowest BCUT2D eigenvalue weighted by Crippen LogP contribution is -2.33. The molecule has 2 saturated heterocycles. The van der Waals surface area contributed by atoms with Gasteiger partial charge in [0.15, 0.2) is 5.82 Å². The van der Waals surface area contributed by atoms with Gasteiger partial charge >= 0.3 is 0 Å². The Hall–Kier alpha value is -2.28. The van der Waals surface area contributed by atoms with Crippen LogP contribution in [0.3, 0.4) is 0 Å². The molecule has 0 spiro atoms. The van der Waals surface area contributed by atoms with Crippen molar-refractivity contribution < 1.29 is 18.4 Å². The molecule has 0 saturated carbocycles. The molecule has 0 aliphatic carbocycles. The minimum absolute atomic E-state index is 0.0311. The minimum atomic E-state index is -0.293. The van der Waals surface area contributed by atoms with Crippen molar-refractivity contribution in [2.45, 2.75) is 19.3 Å². The van der Waals surface area contributed by atoms with Gasteiger partial charge in [-0.2, -0.15) is 4.98 Å². The third-order valence-electron chi connectivity index (χ3n) is 5.12. The maximum Gasteiger partial charge on any atom is 0.232 e. The predicted octanol–water partition coefficient (Wildman–Crippen LogP) is 1.95. The summed E-state index contributed by atoms with van der Waals surface area (Å²) in [5.41, 5.74) is 0.821. The van der Waals surface area contributed by atoms with Crippen LogP contribution in [0.4, 0.5) is 4.39 Å². The molecule has 2 fully saturated rings. The highest BCUT2D eigenvalue weighted by Crippen LogP contribution is 2.39. The summed E-state index contributed by atoms with van der Waals surface area (Å²) in [5, 5.41) is 3.87. The van der Waals surface area contributed by atoms with E-state index in [-0.39, 0.29) is 35.9 Å². The zero-order valence-electron chi connectivity index (χ0n) is 14.0. The quantitative estimate of drug-likeness (QED) is 0.850. The highest BCUT2D eigenvalue weighted by atomic mass is 19.1. The lowest BCUT2D eigenvalue weighted by atomic mass is 9.83. The summed E-state index contributed by atoms with van der Waals surface area (Å²) in [7, 11) is 0. The van der Waals surface area contributed by atoms with Gasteiger partial charge in [0.25, 0.3) is 0 Å². The number of fused-ring (bicyclic) bond motifs is 1. The van der Waals surface area contributed by atoms with Crippen molar-refractivity contribution in [1.29, 1.82) is 0 Å². The first-order valence-electron chi connectivity index (χ1n) is 8.50. The van der Waals surface area contributed by atoms with Crippen LogP contribution >= 0.6 is 0 Å². The van der Waals surface area contributed by atoms with Gasteiger partial charge in [0, 0.05) is 19.0 Å². The number of aryl methyl sites for hydroxylation is 1. The molecule has 0 radical (unpaired) electrons. The van der Waals surface area contributed by atoms with Crippen LogP contribution in [0.5, 0.6) is 0 Å². The van der Waals surface area contributed by atoms with Crippen molar-refractivity contribution in [3.8, 4) is 0 Å². The Morgan fingerprint density at radius 2 is 2.08 bits per heavy atom. The summed E-state index contributed by atoms with van der Waals surface area (Å²) in [6.45, 7) is 4.33. The Bertz CT molecular complexity index is 761. The van der Waals surface area contributed by atoms with Gasteiger partial charge in [0.2, 0.25) is 11.8 Å². The number of hydrogen-bond donors (Lipinski definition) is 0. The molecule has 4 rings (SSSR count). The largest absolute Gasteiger partial charge is 0.380 e. The highest BCUT2D eigenvalue weighted by molar-refractivity contribution is 5.79. The van der Waals surface area contributed by atoms with E-state index >= 15 is 0 Å². The molecule has 0 bridgehead atoms. The lowest BCUT2D eigenvalue weighted by Gasteiger charge is -2.30. The molecule has 1 amide bonds. The molecule has 3 atom stereocenters. The fraction of sp³-hybridized carbons (Fsp3) is 0.500. The number of amides is 1. The molecule has 132 valence electrons. The van der Waals surface area contributed by atoms with Crippen LogP contribution in [0.2, 0.25) is 0 Å². The first kappa shape index (κ1) is 16.2. The number of halogens is 1. The summed E-state index contributed by atoms with van der Waals surface area (Å²) < 4.78 is 24.0. The first-order chi connectivity index (χ1) is 12.1. The summed E-state index contributed by atoms with van der Waals surface area (Å²) in [5.74, 6) is 1.55. The Kier molecular flexibility index (Phi) is 4.25. The molecule has 25 heavy (non-hydrogen) atoms. The van der Waals surface area contributed by atoms with Gasteiger partial charge in [-0.25, -0.2) is 4.39 Å². The average Bonchev–Trinajstić information content (AvgIpc) is 3.22. The van der Waals surface area contributed by atoms with Crippen LogP contribution in [0.15, 0.2) is 28.8 Å². The van der Waals surface area contributed by atoms with Gasteiger partial charge in [-0.15, -0.1) is 0 Å². The van der Waals surface area contributed by atoms with Gasteiger partial charge in [-0.1, -0.05) is 17.3 Å². The van der Waals surface area contributed by atoms with Crippen LogP contribution in [0, 0.1) is 24.6 Å². The van der Waals surface area contributed by atoms with E-state index in [1.165, 1.54) is 12.1 Å². The van der Waals surface area contributed by atoms with Crippen LogP contribution in [-0.4, -0.2) is 47.3 Å². The van der Waals surface area contributed by atoms with E-state index in [2.05, 4.69) is 10.1 Å². The Morgan fingerprint density at radius 1 is 1.28 bits per heavy atom. The smallest absolute Gasteiger partial charge is 0.232 e.